The summed E-state index contributed by atoms with van der Waals surface area (Å²) in [5.74, 6) is -0.224. The van der Waals surface area contributed by atoms with E-state index in [2.05, 4.69) is 141 Å². The van der Waals surface area contributed by atoms with Gasteiger partial charge < -0.3 is 28.8 Å². The molecule has 0 radical (unpaired) electrons. The molecule has 0 fully saturated rings. The summed E-state index contributed by atoms with van der Waals surface area (Å²) in [5.41, 5.74) is 0. The Hall–Kier alpha value is -3.36. The number of rotatable bonds is 58. The molecule has 0 aliphatic carbocycles. The van der Waals surface area contributed by atoms with Crippen LogP contribution >= 0.6 is 7.82 Å². The average Bonchev–Trinajstić information content (AvgIpc) is 3.42. The molecule has 0 saturated heterocycles. The number of aliphatic hydroxyl groups excluding tert-OH is 1. The van der Waals surface area contributed by atoms with Gasteiger partial charge in [-0.15, -0.1) is 0 Å². The van der Waals surface area contributed by atoms with Crippen molar-refractivity contribution in [3.05, 3.63) is 134 Å². The number of amides is 1. The number of likely N-dealkylation sites (N-methyl/N-ethyl adjacent to an activating group) is 1. The number of carbonyl (C=O) groups excluding carboxylic acids is 1. The molecule has 0 aliphatic rings. The van der Waals surface area contributed by atoms with Gasteiger partial charge in [0.05, 0.1) is 39.9 Å². The van der Waals surface area contributed by atoms with E-state index >= 15 is 0 Å². The molecular formula is C71H123N2O6P. The van der Waals surface area contributed by atoms with E-state index in [1.165, 1.54) is 128 Å². The molecule has 0 aromatic heterocycles. The topological polar surface area (TPSA) is 108 Å². The molecule has 0 bridgehead atoms. The van der Waals surface area contributed by atoms with E-state index in [4.69, 9.17) is 9.05 Å². The van der Waals surface area contributed by atoms with Crippen molar-refractivity contribution in [3.63, 3.8) is 0 Å². The fourth-order valence-electron chi connectivity index (χ4n) is 8.79. The highest BCUT2D eigenvalue weighted by Gasteiger charge is 2.23. The van der Waals surface area contributed by atoms with Gasteiger partial charge in [0.1, 0.15) is 13.2 Å². The Labute approximate surface area is 494 Å². The molecule has 2 N–H and O–H groups in total. The van der Waals surface area contributed by atoms with E-state index in [1.807, 2.05) is 27.2 Å². The predicted molar refractivity (Wildman–Crippen MR) is 348 cm³/mol. The fourth-order valence-corrected chi connectivity index (χ4v) is 9.51. The Morgan fingerprint density at radius 1 is 0.450 bits per heavy atom. The number of hydrogen-bond acceptors (Lipinski definition) is 6. The van der Waals surface area contributed by atoms with Crippen LogP contribution in [0.1, 0.15) is 258 Å². The van der Waals surface area contributed by atoms with Crippen LogP contribution in [0.2, 0.25) is 0 Å². The van der Waals surface area contributed by atoms with E-state index in [9.17, 15) is 19.4 Å². The third-order valence-corrected chi connectivity index (χ3v) is 14.8. The second kappa shape index (κ2) is 60.2. The first-order valence-corrected chi connectivity index (χ1v) is 34.0. The Morgan fingerprint density at radius 3 is 1.16 bits per heavy atom. The Bertz CT molecular complexity index is 1760. The van der Waals surface area contributed by atoms with E-state index in [1.54, 1.807) is 6.08 Å². The first kappa shape index (κ1) is 76.6. The average molecular weight is 1130 g/mol. The van der Waals surface area contributed by atoms with Crippen LogP contribution in [0.25, 0.3) is 0 Å². The maximum absolute atomic E-state index is 13.0. The van der Waals surface area contributed by atoms with Gasteiger partial charge in [-0.05, 0) is 109 Å². The minimum absolute atomic E-state index is 0.0176. The van der Waals surface area contributed by atoms with Crippen LogP contribution in [0.4, 0.5) is 0 Å². The zero-order valence-electron chi connectivity index (χ0n) is 52.2. The number of phosphoric acid groups is 1. The van der Waals surface area contributed by atoms with Gasteiger partial charge in [-0.3, -0.25) is 9.36 Å². The standard InChI is InChI=1S/C71H123N2O6P/c1-6-8-10-12-14-16-18-20-22-24-26-28-30-32-33-34-35-36-37-38-39-41-43-45-47-49-51-53-55-57-59-61-63-65-71(75)72-69(68-79-80(76,77)78-67-66-73(3,4)5)70(74)64-62-60-58-56-54-52-50-48-46-44-42-40-31-29-27-25-23-21-19-17-15-13-11-9-7-2/h8,10,14,16,20,22,26,28,32-33,35-36,38-39,43,45-46,48,54,56,62,64,69-70,74H,6-7,9,11-13,15,17-19,21,23-25,27,29-31,34,37,40-42,44,47,49-53,55,57-61,63,65-68H2,1-5H3,(H-,72,75,76,77)/b10-8-,16-14-,22-20-,28-26-,33-32-,36-35-,39-38-,45-43-,48-46+,56-54+,64-62+. The van der Waals surface area contributed by atoms with Crippen molar-refractivity contribution < 1.29 is 32.9 Å². The van der Waals surface area contributed by atoms with Crippen LogP contribution < -0.4 is 10.2 Å². The summed E-state index contributed by atoms with van der Waals surface area (Å²) in [6.07, 6.45) is 91.2. The number of hydrogen-bond donors (Lipinski definition) is 2. The summed E-state index contributed by atoms with van der Waals surface area (Å²) in [6, 6.07) is -0.926. The Kier molecular flexibility index (Phi) is 57.7. The number of nitrogens with one attached hydrogen (secondary N) is 1. The monoisotopic (exact) mass is 1130 g/mol. The minimum Gasteiger partial charge on any atom is -0.756 e. The molecule has 0 heterocycles. The Balaban J connectivity index is 4.26. The van der Waals surface area contributed by atoms with Crippen LogP contribution in [0.15, 0.2) is 134 Å². The van der Waals surface area contributed by atoms with Crippen molar-refractivity contribution in [3.8, 4) is 0 Å². The zero-order valence-corrected chi connectivity index (χ0v) is 53.1. The fraction of sp³-hybridized carbons (Fsp3) is 0.676. The Morgan fingerprint density at radius 2 is 0.775 bits per heavy atom. The smallest absolute Gasteiger partial charge is 0.268 e. The molecule has 0 rings (SSSR count). The number of carbonyl (C=O) groups is 1. The van der Waals surface area contributed by atoms with Crippen LogP contribution in [0.3, 0.4) is 0 Å². The summed E-state index contributed by atoms with van der Waals surface area (Å²) in [7, 11) is 1.21. The SMILES string of the molecule is CC/C=C\C/C=C\C/C=C\C/C=C\C/C=C\C/C=C\C/C=C\C/C=C\CCCCCCCCCCC(=O)NC(COP(=O)([O-])OCC[N+](C)(C)C)C(O)/C=C/CC/C=C/CC/C=C/CCCCCCCCCCCCCCCCC. The van der Waals surface area contributed by atoms with E-state index in [-0.39, 0.29) is 12.5 Å². The molecule has 0 saturated carbocycles. The van der Waals surface area contributed by atoms with Crippen LogP contribution in [-0.2, 0) is 18.4 Å². The van der Waals surface area contributed by atoms with Gasteiger partial charge in [0.15, 0.2) is 0 Å². The lowest BCUT2D eigenvalue weighted by Crippen LogP contribution is -2.45. The molecule has 8 nitrogen and oxygen atoms in total. The van der Waals surface area contributed by atoms with Gasteiger partial charge in [-0.2, -0.15) is 0 Å². The maximum Gasteiger partial charge on any atom is 0.268 e. The molecule has 3 atom stereocenters. The van der Waals surface area contributed by atoms with Crippen molar-refractivity contribution in [2.45, 2.75) is 270 Å². The minimum atomic E-state index is -4.63. The molecule has 0 aromatic rings. The lowest BCUT2D eigenvalue weighted by Gasteiger charge is -2.29. The third kappa shape index (κ3) is 62.2. The molecule has 458 valence electrons. The summed E-state index contributed by atoms with van der Waals surface area (Å²) in [5, 5.41) is 13.9. The second-order valence-electron chi connectivity index (χ2n) is 22.7. The zero-order chi connectivity index (χ0) is 58.4. The molecule has 1 amide bonds. The van der Waals surface area contributed by atoms with Gasteiger partial charge in [-0.1, -0.05) is 276 Å². The van der Waals surface area contributed by atoms with Crippen LogP contribution in [-0.4, -0.2) is 68.5 Å². The summed E-state index contributed by atoms with van der Waals surface area (Å²) in [4.78, 5) is 25.6. The molecule has 9 heteroatoms. The maximum atomic E-state index is 13.0. The van der Waals surface area contributed by atoms with Gasteiger partial charge in [0.25, 0.3) is 7.82 Å². The van der Waals surface area contributed by atoms with Gasteiger partial charge in [0.2, 0.25) is 5.91 Å². The molecule has 0 aliphatic heterocycles. The highest BCUT2D eigenvalue weighted by atomic mass is 31.2. The van der Waals surface area contributed by atoms with Crippen LogP contribution in [0, 0.1) is 0 Å². The van der Waals surface area contributed by atoms with E-state index in [0.29, 0.717) is 17.4 Å². The van der Waals surface area contributed by atoms with Crippen molar-refractivity contribution >= 4 is 13.7 Å². The second-order valence-corrected chi connectivity index (χ2v) is 24.1. The lowest BCUT2D eigenvalue weighted by molar-refractivity contribution is -0.870. The quantitative estimate of drug-likeness (QED) is 0.0272. The molecular weight excluding hydrogens is 1010 g/mol. The van der Waals surface area contributed by atoms with E-state index < -0.39 is 26.6 Å². The summed E-state index contributed by atoms with van der Waals surface area (Å²) in [6.45, 7) is 4.50. The van der Waals surface area contributed by atoms with Crippen molar-refractivity contribution in [2.75, 3.05) is 40.9 Å². The molecule has 3 unspecified atom stereocenters. The first-order valence-electron chi connectivity index (χ1n) is 32.5. The summed E-state index contributed by atoms with van der Waals surface area (Å²) < 4.78 is 23.4. The number of phosphoric ester groups is 1. The predicted octanol–water partition coefficient (Wildman–Crippen LogP) is 20.0. The van der Waals surface area contributed by atoms with Crippen LogP contribution in [0.5, 0.6) is 0 Å². The number of nitrogens with zero attached hydrogens (tertiary/aromatic N) is 1. The highest BCUT2D eigenvalue weighted by molar-refractivity contribution is 7.45. The number of aliphatic hydroxyl groups is 1. The number of allylic oxidation sites excluding steroid dienone is 21. The molecule has 0 aromatic carbocycles. The first-order chi connectivity index (χ1) is 39.0. The molecule has 80 heavy (non-hydrogen) atoms. The van der Waals surface area contributed by atoms with Crippen molar-refractivity contribution in [1.29, 1.82) is 0 Å². The van der Waals surface area contributed by atoms with Crippen molar-refractivity contribution in [2.24, 2.45) is 0 Å². The van der Waals surface area contributed by atoms with Gasteiger partial charge in [-0.25, -0.2) is 0 Å². The normalized spacial score (nSPS) is 14.6. The van der Waals surface area contributed by atoms with E-state index in [0.717, 1.165) is 109 Å². The van der Waals surface area contributed by atoms with Gasteiger partial charge >= 0.3 is 0 Å². The lowest BCUT2D eigenvalue weighted by atomic mass is 10.0. The third-order valence-electron chi connectivity index (χ3n) is 13.8. The number of unbranched alkanes of at least 4 members (excludes halogenated alkanes) is 25. The van der Waals surface area contributed by atoms with Crippen molar-refractivity contribution in [1.82, 2.24) is 5.32 Å². The number of quaternary nitrogens is 1. The highest BCUT2D eigenvalue weighted by Crippen LogP contribution is 2.38. The molecule has 0 spiro atoms. The van der Waals surface area contributed by atoms with Gasteiger partial charge in [0, 0.05) is 6.42 Å². The summed E-state index contributed by atoms with van der Waals surface area (Å²) >= 11 is 0. The largest absolute Gasteiger partial charge is 0.756 e.